The Kier molecular flexibility index (Phi) is 5.36. The van der Waals surface area contributed by atoms with Crippen molar-refractivity contribution < 1.29 is 14.6 Å². The summed E-state index contributed by atoms with van der Waals surface area (Å²) in [5.41, 5.74) is 2.41. The van der Waals surface area contributed by atoms with Gasteiger partial charge >= 0.3 is 5.69 Å². The first kappa shape index (κ1) is 23.0. The van der Waals surface area contributed by atoms with Crippen molar-refractivity contribution >= 4 is 10.9 Å². The van der Waals surface area contributed by atoms with Crippen LogP contribution in [-0.2, 0) is 24.4 Å². The van der Waals surface area contributed by atoms with Crippen LogP contribution in [0.4, 0.5) is 0 Å². The van der Waals surface area contributed by atoms with Crippen LogP contribution in [0.15, 0.2) is 58.1 Å². The van der Waals surface area contributed by atoms with Gasteiger partial charge in [0.15, 0.2) is 11.5 Å². The monoisotopic (exact) mass is 475 g/mol. The Balaban J connectivity index is 1.95. The van der Waals surface area contributed by atoms with Crippen molar-refractivity contribution in [2.75, 3.05) is 13.2 Å². The molecule has 0 unspecified atom stereocenters. The molecule has 1 aliphatic heterocycles. The van der Waals surface area contributed by atoms with Crippen LogP contribution in [0.25, 0.3) is 22.2 Å². The SMILES string of the molecule is CCOc1cc([C@H]2OCC(C)(C)n3c(-c4ccccc4)c4c(=O)n(C)c(=O)n(C)c4c32)ccc1O. The first-order valence-corrected chi connectivity index (χ1v) is 11.6. The van der Waals surface area contributed by atoms with E-state index in [0.29, 0.717) is 29.9 Å². The van der Waals surface area contributed by atoms with Gasteiger partial charge in [-0.1, -0.05) is 36.4 Å². The lowest BCUT2D eigenvalue weighted by Crippen LogP contribution is -2.40. The molecule has 1 N–H and O–H groups in total. The van der Waals surface area contributed by atoms with Crippen LogP contribution in [0.2, 0.25) is 0 Å². The average molecular weight is 476 g/mol. The molecular formula is C27H29N3O5. The number of benzene rings is 2. The van der Waals surface area contributed by atoms with E-state index in [1.54, 1.807) is 25.2 Å². The fourth-order valence-electron chi connectivity index (χ4n) is 5.09. The smallest absolute Gasteiger partial charge is 0.331 e. The zero-order valence-corrected chi connectivity index (χ0v) is 20.5. The van der Waals surface area contributed by atoms with Gasteiger partial charge in [0, 0.05) is 14.1 Å². The predicted molar refractivity (Wildman–Crippen MR) is 134 cm³/mol. The van der Waals surface area contributed by atoms with Gasteiger partial charge in [0.05, 0.1) is 41.0 Å². The number of aryl methyl sites for hydroxylation is 1. The van der Waals surface area contributed by atoms with Crippen LogP contribution in [0.5, 0.6) is 11.5 Å². The van der Waals surface area contributed by atoms with Crippen LogP contribution in [0.3, 0.4) is 0 Å². The lowest BCUT2D eigenvalue weighted by atomic mass is 9.97. The number of hydrogen-bond acceptors (Lipinski definition) is 5. The van der Waals surface area contributed by atoms with Gasteiger partial charge in [-0.05, 0) is 44.0 Å². The van der Waals surface area contributed by atoms with Crippen molar-refractivity contribution in [2.24, 2.45) is 14.1 Å². The Morgan fingerprint density at radius 1 is 1.09 bits per heavy atom. The van der Waals surface area contributed by atoms with E-state index in [4.69, 9.17) is 9.47 Å². The molecule has 0 bridgehead atoms. The number of hydrogen-bond donors (Lipinski definition) is 1. The van der Waals surface area contributed by atoms with Gasteiger partial charge in [-0.25, -0.2) is 4.79 Å². The second-order valence-electron chi connectivity index (χ2n) is 9.53. The molecule has 5 rings (SSSR count). The topological polar surface area (TPSA) is 87.6 Å². The van der Waals surface area contributed by atoms with Gasteiger partial charge < -0.3 is 19.1 Å². The molecule has 0 amide bonds. The quantitative estimate of drug-likeness (QED) is 0.487. The molecule has 1 aliphatic rings. The Hall–Kier alpha value is -3.78. The van der Waals surface area contributed by atoms with Crippen molar-refractivity contribution in [1.29, 1.82) is 0 Å². The number of rotatable bonds is 4. The molecule has 0 aliphatic carbocycles. The molecule has 0 fully saturated rings. The van der Waals surface area contributed by atoms with Crippen molar-refractivity contribution in [1.82, 2.24) is 13.7 Å². The van der Waals surface area contributed by atoms with Crippen LogP contribution in [0.1, 0.15) is 38.1 Å². The van der Waals surface area contributed by atoms with Gasteiger partial charge in [-0.15, -0.1) is 0 Å². The number of fused-ring (bicyclic) bond motifs is 3. The lowest BCUT2D eigenvalue weighted by Gasteiger charge is -2.39. The van der Waals surface area contributed by atoms with E-state index in [1.807, 2.05) is 37.3 Å². The average Bonchev–Trinajstić information content (AvgIpc) is 3.21. The number of aromatic hydroxyl groups is 1. The molecule has 0 radical (unpaired) electrons. The summed E-state index contributed by atoms with van der Waals surface area (Å²) in [4.78, 5) is 26.6. The summed E-state index contributed by atoms with van der Waals surface area (Å²) in [6.07, 6.45) is -0.583. The highest BCUT2D eigenvalue weighted by atomic mass is 16.5. The number of nitrogens with zero attached hydrogens (tertiary/aromatic N) is 3. The minimum Gasteiger partial charge on any atom is -0.504 e. The first-order chi connectivity index (χ1) is 16.7. The van der Waals surface area contributed by atoms with E-state index >= 15 is 0 Å². The summed E-state index contributed by atoms with van der Waals surface area (Å²) in [5.74, 6) is 0.396. The van der Waals surface area contributed by atoms with Crippen LogP contribution < -0.4 is 16.0 Å². The van der Waals surface area contributed by atoms with Gasteiger partial charge in [0.2, 0.25) is 0 Å². The molecule has 0 spiro atoms. The maximum atomic E-state index is 13.6. The summed E-state index contributed by atoms with van der Waals surface area (Å²) in [6.45, 7) is 6.75. The van der Waals surface area contributed by atoms with E-state index in [2.05, 4.69) is 18.4 Å². The highest BCUT2D eigenvalue weighted by molar-refractivity contribution is 5.96. The summed E-state index contributed by atoms with van der Waals surface area (Å²) >= 11 is 0. The number of phenolic OH excluding ortho intramolecular Hbond substituents is 1. The maximum Gasteiger partial charge on any atom is 0.331 e. The second-order valence-corrected chi connectivity index (χ2v) is 9.53. The van der Waals surface area contributed by atoms with E-state index in [1.165, 1.54) is 11.6 Å². The Morgan fingerprint density at radius 2 is 1.80 bits per heavy atom. The van der Waals surface area contributed by atoms with Gasteiger partial charge in [0.1, 0.15) is 6.10 Å². The van der Waals surface area contributed by atoms with E-state index < -0.39 is 17.3 Å². The number of phenols is 1. The molecule has 8 heteroatoms. The van der Waals surface area contributed by atoms with E-state index in [9.17, 15) is 14.7 Å². The highest BCUT2D eigenvalue weighted by Gasteiger charge is 2.40. The Labute approximate surface area is 202 Å². The standard InChI is InChI=1S/C27H29N3O5/c1-6-34-19-14-17(12-13-18(19)31)24-23-22-20(25(32)29(5)26(33)28(22)4)21(16-10-8-7-9-11-16)30(23)27(2,3)15-35-24/h7-14,24,31H,6,15H2,1-5H3/t24-/m1/s1. The van der Waals surface area contributed by atoms with Gasteiger partial charge in [-0.2, -0.15) is 0 Å². The maximum absolute atomic E-state index is 13.6. The van der Waals surface area contributed by atoms with Crippen molar-refractivity contribution in [3.05, 3.63) is 80.6 Å². The lowest BCUT2D eigenvalue weighted by molar-refractivity contribution is -0.00717. The first-order valence-electron chi connectivity index (χ1n) is 11.6. The molecule has 4 aromatic rings. The third-order valence-electron chi connectivity index (χ3n) is 6.70. The zero-order valence-electron chi connectivity index (χ0n) is 20.5. The molecule has 3 heterocycles. The van der Waals surface area contributed by atoms with Crippen molar-refractivity contribution in [2.45, 2.75) is 32.4 Å². The normalized spacial score (nSPS) is 16.9. The third kappa shape index (κ3) is 3.39. The molecule has 2 aromatic heterocycles. The molecule has 0 saturated heterocycles. The van der Waals surface area contributed by atoms with Crippen LogP contribution >= 0.6 is 0 Å². The van der Waals surface area contributed by atoms with Gasteiger partial charge in [-0.3, -0.25) is 13.9 Å². The summed E-state index contributed by atoms with van der Waals surface area (Å²) < 4.78 is 16.9. The Morgan fingerprint density at radius 3 is 2.49 bits per heavy atom. The fourth-order valence-corrected chi connectivity index (χ4v) is 5.09. The molecule has 1 atom stereocenters. The molecule has 8 nitrogen and oxygen atoms in total. The predicted octanol–water partition coefficient (Wildman–Crippen LogP) is 3.66. The highest BCUT2D eigenvalue weighted by Crippen LogP contribution is 2.46. The summed E-state index contributed by atoms with van der Waals surface area (Å²) in [6, 6.07) is 14.9. The third-order valence-corrected chi connectivity index (χ3v) is 6.70. The molecule has 0 saturated carbocycles. The van der Waals surface area contributed by atoms with Crippen molar-refractivity contribution in [3.8, 4) is 22.8 Å². The number of ether oxygens (including phenoxy) is 2. The van der Waals surface area contributed by atoms with Gasteiger partial charge in [0.25, 0.3) is 5.56 Å². The minimum atomic E-state index is -0.583. The van der Waals surface area contributed by atoms with Crippen LogP contribution in [0, 0.1) is 0 Å². The molecule has 35 heavy (non-hydrogen) atoms. The zero-order chi connectivity index (χ0) is 25.1. The molecule has 2 aromatic carbocycles. The second kappa shape index (κ2) is 8.16. The van der Waals surface area contributed by atoms with Crippen molar-refractivity contribution in [3.63, 3.8) is 0 Å². The van der Waals surface area contributed by atoms with Crippen LogP contribution in [-0.4, -0.2) is 32.0 Å². The van der Waals surface area contributed by atoms with E-state index in [-0.39, 0.29) is 11.3 Å². The summed E-state index contributed by atoms with van der Waals surface area (Å²) in [5, 5.41) is 10.7. The number of aromatic nitrogens is 3. The molecule has 182 valence electrons. The Bertz CT molecular complexity index is 1560. The summed E-state index contributed by atoms with van der Waals surface area (Å²) in [7, 11) is 3.18. The largest absolute Gasteiger partial charge is 0.504 e. The fraction of sp³-hybridized carbons (Fsp3) is 0.333. The van der Waals surface area contributed by atoms with E-state index in [0.717, 1.165) is 27.1 Å². The minimum absolute atomic E-state index is 0.0400. The molecular weight excluding hydrogens is 446 g/mol.